The van der Waals surface area contributed by atoms with Gasteiger partial charge in [-0.25, -0.2) is 15.0 Å². The summed E-state index contributed by atoms with van der Waals surface area (Å²) in [7, 11) is 0. The van der Waals surface area contributed by atoms with Crippen molar-refractivity contribution in [1.82, 2.24) is 24.4 Å². The van der Waals surface area contributed by atoms with Gasteiger partial charge in [-0.15, -0.1) is 0 Å². The van der Waals surface area contributed by atoms with Crippen molar-refractivity contribution >= 4 is 77.2 Å². The van der Waals surface area contributed by atoms with E-state index in [1.54, 1.807) is 17.0 Å². The van der Waals surface area contributed by atoms with Crippen LogP contribution in [0.15, 0.2) is 45.7 Å². The topological polar surface area (TPSA) is 119 Å². The van der Waals surface area contributed by atoms with E-state index in [1.165, 1.54) is 6.33 Å². The van der Waals surface area contributed by atoms with Crippen molar-refractivity contribution in [2.45, 2.75) is 51.7 Å². The molecule has 1 aromatic carbocycles. The van der Waals surface area contributed by atoms with E-state index in [-0.39, 0.29) is 29.8 Å². The van der Waals surface area contributed by atoms with Gasteiger partial charge < -0.3 is 20.5 Å². The van der Waals surface area contributed by atoms with Crippen LogP contribution in [0.1, 0.15) is 31.7 Å². The van der Waals surface area contributed by atoms with E-state index in [1.807, 2.05) is 29.7 Å². The second kappa shape index (κ2) is 8.76. The smallest absolute Gasteiger partial charge is 0.248 e. The minimum absolute atomic E-state index is 0.0230. The minimum Gasteiger partial charge on any atom is -0.383 e. The van der Waals surface area contributed by atoms with Gasteiger partial charge in [0, 0.05) is 15.9 Å². The molecule has 37 heavy (non-hydrogen) atoms. The van der Waals surface area contributed by atoms with E-state index < -0.39 is 6.04 Å². The number of nitrogen functional groups attached to an aromatic ring is 1. The summed E-state index contributed by atoms with van der Waals surface area (Å²) >= 11 is 6.95. The maximum absolute atomic E-state index is 14.0. The van der Waals surface area contributed by atoms with Crippen molar-refractivity contribution in [3.8, 4) is 0 Å². The average molecular weight is 627 g/mol. The number of aryl methyl sites for hydroxylation is 1. The van der Waals surface area contributed by atoms with E-state index in [4.69, 9.17) is 5.73 Å². The number of nitrogens with two attached hydrogens (primary N) is 1. The summed E-state index contributed by atoms with van der Waals surface area (Å²) in [4.78, 5) is 42.3. The van der Waals surface area contributed by atoms with Gasteiger partial charge in [0.05, 0.1) is 10.9 Å². The molecule has 2 aliphatic rings. The Morgan fingerprint density at radius 3 is 2.78 bits per heavy atom. The molecule has 4 heterocycles. The quantitative estimate of drug-likeness (QED) is 0.314. The first-order valence-electron chi connectivity index (χ1n) is 12.1. The first kappa shape index (κ1) is 24.3. The second-order valence-electron chi connectivity index (χ2n) is 10.2. The molecular formula is C26H25Br2N7O2. The summed E-state index contributed by atoms with van der Waals surface area (Å²) < 4.78 is 3.46. The highest BCUT2D eigenvalue weighted by molar-refractivity contribution is 9.10. The fourth-order valence-corrected chi connectivity index (χ4v) is 6.61. The minimum atomic E-state index is -0.575. The predicted molar refractivity (Wildman–Crippen MR) is 149 cm³/mol. The lowest BCUT2D eigenvalue weighted by Gasteiger charge is -2.44. The Morgan fingerprint density at radius 2 is 2.05 bits per heavy atom. The van der Waals surface area contributed by atoms with Crippen LogP contribution in [0.25, 0.3) is 21.9 Å². The molecule has 2 amide bonds. The number of carbonyl (C=O) groups is 2. The van der Waals surface area contributed by atoms with Crippen LogP contribution in [-0.4, -0.2) is 48.3 Å². The number of nitrogens with zero attached hydrogens (tertiary/aromatic N) is 5. The monoisotopic (exact) mass is 625 g/mol. The number of hydrogen-bond donors (Lipinski definition) is 2. The first-order valence-corrected chi connectivity index (χ1v) is 13.7. The van der Waals surface area contributed by atoms with Crippen molar-refractivity contribution in [1.29, 1.82) is 0 Å². The molecule has 6 rings (SSSR count). The number of hydrogen-bond acceptors (Lipinski definition) is 6. The van der Waals surface area contributed by atoms with Gasteiger partial charge in [0.1, 0.15) is 40.8 Å². The normalized spacial score (nSPS) is 22.8. The summed E-state index contributed by atoms with van der Waals surface area (Å²) in [5.74, 6) is 0.478. The lowest BCUT2D eigenvalue weighted by molar-refractivity contribution is -0.141. The molecule has 2 fully saturated rings. The molecule has 3 N–H and O–H groups in total. The first-order chi connectivity index (χ1) is 17.7. The van der Waals surface area contributed by atoms with Gasteiger partial charge in [-0.3, -0.25) is 9.59 Å². The fourth-order valence-electron chi connectivity index (χ4n) is 5.92. The number of carbonyl (C=O) groups excluding carboxylic acids is 2. The van der Waals surface area contributed by atoms with Crippen molar-refractivity contribution in [2.75, 3.05) is 11.1 Å². The molecule has 0 unspecified atom stereocenters. The maximum Gasteiger partial charge on any atom is 0.248 e. The van der Waals surface area contributed by atoms with Crippen molar-refractivity contribution in [2.24, 2.45) is 5.41 Å². The van der Waals surface area contributed by atoms with Gasteiger partial charge >= 0.3 is 0 Å². The van der Waals surface area contributed by atoms with Crippen LogP contribution in [0, 0.1) is 12.3 Å². The van der Waals surface area contributed by atoms with Crippen molar-refractivity contribution in [3.05, 3.63) is 51.3 Å². The van der Waals surface area contributed by atoms with E-state index in [0.717, 1.165) is 39.2 Å². The zero-order chi connectivity index (χ0) is 26.1. The van der Waals surface area contributed by atoms with E-state index in [9.17, 15) is 9.59 Å². The highest BCUT2D eigenvalue weighted by atomic mass is 79.9. The standard InChI is InChI=1S/C26H25Br2N7O2/c1-13-8-16-14(9-15(13)27)22-23(29)30-12-31-24(22)34(16)11-21(36)35-17(10-26(2)7-6-18(26)35)25(37)33-20-5-3-4-19(28)32-20/h3-5,8-9,12,17-18H,6-7,10-11H2,1-2H3,(H2,29,30,31)(H,32,33,37)/t17-,18+,26+/m0/s1. The lowest BCUT2D eigenvalue weighted by atomic mass is 9.66. The predicted octanol–water partition coefficient (Wildman–Crippen LogP) is 4.80. The summed E-state index contributed by atoms with van der Waals surface area (Å²) in [6.07, 6.45) is 3.92. The van der Waals surface area contributed by atoms with Crippen LogP contribution in [0.5, 0.6) is 0 Å². The largest absolute Gasteiger partial charge is 0.383 e. The van der Waals surface area contributed by atoms with E-state index in [0.29, 0.717) is 28.3 Å². The molecule has 4 aromatic rings. The Kier molecular flexibility index (Phi) is 5.76. The van der Waals surface area contributed by atoms with Gasteiger partial charge in [-0.2, -0.15) is 0 Å². The third-order valence-corrected chi connectivity index (χ3v) is 9.22. The van der Waals surface area contributed by atoms with Crippen molar-refractivity contribution < 1.29 is 9.59 Å². The number of nitrogens with one attached hydrogen (secondary N) is 1. The third-order valence-electron chi connectivity index (χ3n) is 7.92. The number of fused-ring (bicyclic) bond motifs is 4. The molecule has 3 atom stereocenters. The van der Waals surface area contributed by atoms with Gasteiger partial charge in [0.2, 0.25) is 11.8 Å². The molecule has 11 heteroatoms. The van der Waals surface area contributed by atoms with Gasteiger partial charge in [0.25, 0.3) is 0 Å². The molecule has 0 spiro atoms. The zero-order valence-corrected chi connectivity index (χ0v) is 23.5. The molecule has 0 radical (unpaired) electrons. The molecular weight excluding hydrogens is 602 g/mol. The number of halogens is 2. The van der Waals surface area contributed by atoms with Crippen LogP contribution >= 0.6 is 31.9 Å². The van der Waals surface area contributed by atoms with Crippen LogP contribution in [0.2, 0.25) is 0 Å². The van der Waals surface area contributed by atoms with E-state index in [2.05, 4.69) is 59.1 Å². The second-order valence-corrected chi connectivity index (χ2v) is 11.9. The van der Waals surface area contributed by atoms with Gasteiger partial charge in [-0.1, -0.05) is 28.9 Å². The van der Waals surface area contributed by atoms with Crippen LogP contribution in [0.3, 0.4) is 0 Å². The lowest BCUT2D eigenvalue weighted by Crippen LogP contribution is -2.52. The zero-order valence-electron chi connectivity index (χ0n) is 20.3. The average Bonchev–Trinajstić information content (AvgIpc) is 3.24. The van der Waals surface area contributed by atoms with E-state index >= 15 is 0 Å². The van der Waals surface area contributed by atoms with Gasteiger partial charge in [0.15, 0.2) is 0 Å². The number of anilines is 2. The van der Waals surface area contributed by atoms with Crippen molar-refractivity contribution in [3.63, 3.8) is 0 Å². The Hall–Kier alpha value is -3.05. The Bertz CT molecular complexity index is 1600. The van der Waals surface area contributed by atoms with Crippen LogP contribution in [0.4, 0.5) is 11.6 Å². The van der Waals surface area contributed by atoms with Crippen LogP contribution in [-0.2, 0) is 16.1 Å². The fraction of sp³-hybridized carbons (Fsp3) is 0.346. The Labute approximate surface area is 230 Å². The summed E-state index contributed by atoms with van der Waals surface area (Å²) in [6, 6.07) is 8.81. The molecule has 3 aromatic heterocycles. The highest BCUT2D eigenvalue weighted by Crippen LogP contribution is 2.54. The molecule has 9 nitrogen and oxygen atoms in total. The Balaban J connectivity index is 1.38. The summed E-state index contributed by atoms with van der Waals surface area (Å²) in [5.41, 5.74) is 8.66. The van der Waals surface area contributed by atoms with Crippen LogP contribution < -0.4 is 11.1 Å². The molecule has 1 saturated carbocycles. The number of aromatic nitrogens is 4. The highest BCUT2D eigenvalue weighted by Gasteiger charge is 2.58. The maximum atomic E-state index is 14.0. The SMILES string of the molecule is Cc1cc2c(cc1Br)c1c(N)ncnc1n2CC(=O)N1[C@H](C(=O)Nc2cccc(Br)n2)C[C@@]2(C)CC[C@@H]12. The number of benzene rings is 1. The Morgan fingerprint density at radius 1 is 1.24 bits per heavy atom. The molecule has 1 aliphatic carbocycles. The number of rotatable bonds is 4. The third kappa shape index (κ3) is 3.90. The summed E-state index contributed by atoms with van der Waals surface area (Å²) in [5, 5.41) is 4.51. The molecule has 190 valence electrons. The number of pyridine rings is 1. The van der Waals surface area contributed by atoms with Gasteiger partial charge in [-0.05, 0) is 77.4 Å². The number of likely N-dealkylation sites (tertiary alicyclic amines) is 1. The molecule has 1 aliphatic heterocycles. The molecule has 1 saturated heterocycles. The summed E-state index contributed by atoms with van der Waals surface area (Å²) in [6.45, 7) is 4.21. The molecule has 0 bridgehead atoms. The number of amides is 2.